The van der Waals surface area contributed by atoms with E-state index in [1.165, 1.54) is 88.4 Å². The number of aromatic nitrogens is 2. The van der Waals surface area contributed by atoms with Crippen LogP contribution < -0.4 is 4.74 Å². The fourth-order valence-electron chi connectivity index (χ4n) is 10.3. The number of benzene rings is 6. The summed E-state index contributed by atoms with van der Waals surface area (Å²) in [5.41, 5.74) is 17.2. The zero-order valence-corrected chi connectivity index (χ0v) is 31.9. The van der Waals surface area contributed by atoms with Crippen molar-refractivity contribution in [1.29, 1.82) is 0 Å². The summed E-state index contributed by atoms with van der Waals surface area (Å²) in [5.74, 6) is 2.16. The predicted molar refractivity (Wildman–Crippen MR) is 238 cm³/mol. The number of fused-ring (bicyclic) bond motifs is 12. The highest BCUT2D eigenvalue weighted by molar-refractivity contribution is 6.10. The van der Waals surface area contributed by atoms with E-state index in [0.29, 0.717) is 0 Å². The van der Waals surface area contributed by atoms with Crippen LogP contribution in [0.4, 0.5) is 0 Å². The van der Waals surface area contributed by atoms with Crippen molar-refractivity contribution < 1.29 is 9.15 Å². The van der Waals surface area contributed by atoms with Gasteiger partial charge in [-0.15, -0.1) is 0 Å². The van der Waals surface area contributed by atoms with Gasteiger partial charge in [0.25, 0.3) is 0 Å². The first-order chi connectivity index (χ1) is 28.7. The van der Waals surface area contributed by atoms with Gasteiger partial charge in [-0.3, -0.25) is 0 Å². The van der Waals surface area contributed by atoms with Gasteiger partial charge < -0.3 is 18.3 Å². The van der Waals surface area contributed by atoms with Crippen molar-refractivity contribution in [1.82, 2.24) is 9.13 Å². The van der Waals surface area contributed by atoms with Crippen LogP contribution >= 0.6 is 0 Å². The standard InChI is InChI=1S/C54H38N2O2/c1-5-13-47-39(9-1)40-10-2-6-14-48(40)55(47)37-23-27-45-43-25-21-35(29-51(43)57-53(45)31-37)33-17-19-34(20-18-33)36-22-26-44-46-28-24-38(32-54(46)58-52(44)30-36)56-49-15-7-3-11-41(49)42-12-4-8-16-50(42)56/h1-7,9-15,17-21,23-25,27-32,45,53H,8,16,22,26H2. The Morgan fingerprint density at radius 3 is 2.12 bits per heavy atom. The monoisotopic (exact) mass is 746 g/mol. The molecule has 0 saturated heterocycles. The summed E-state index contributed by atoms with van der Waals surface area (Å²) in [6.07, 6.45) is 17.8. The van der Waals surface area contributed by atoms with E-state index in [2.05, 4.69) is 179 Å². The molecule has 9 aromatic rings. The van der Waals surface area contributed by atoms with E-state index >= 15 is 0 Å². The van der Waals surface area contributed by atoms with Gasteiger partial charge in [-0.05, 0) is 103 Å². The summed E-state index contributed by atoms with van der Waals surface area (Å²) < 4.78 is 18.2. The van der Waals surface area contributed by atoms with E-state index in [4.69, 9.17) is 9.15 Å². The van der Waals surface area contributed by atoms with Crippen LogP contribution in [0, 0.1) is 0 Å². The molecule has 58 heavy (non-hydrogen) atoms. The van der Waals surface area contributed by atoms with Gasteiger partial charge in [-0.2, -0.15) is 0 Å². The van der Waals surface area contributed by atoms with Crippen LogP contribution in [0.2, 0.25) is 0 Å². The van der Waals surface area contributed by atoms with Crippen molar-refractivity contribution in [2.45, 2.75) is 37.7 Å². The van der Waals surface area contributed by atoms with E-state index in [1.54, 1.807) is 0 Å². The third-order valence-electron chi connectivity index (χ3n) is 13.1. The normalized spacial score (nSPS) is 17.9. The maximum Gasteiger partial charge on any atom is 0.137 e. The Hall–Kier alpha value is -7.04. The maximum atomic E-state index is 6.71. The molecule has 3 aliphatic carbocycles. The van der Waals surface area contributed by atoms with Crippen molar-refractivity contribution in [2.24, 2.45) is 0 Å². The van der Waals surface area contributed by atoms with Gasteiger partial charge in [0.1, 0.15) is 23.2 Å². The zero-order valence-electron chi connectivity index (χ0n) is 31.9. The molecule has 4 aliphatic rings. The van der Waals surface area contributed by atoms with Crippen molar-refractivity contribution >= 4 is 67.1 Å². The quantitative estimate of drug-likeness (QED) is 0.180. The van der Waals surface area contributed by atoms with Gasteiger partial charge in [0, 0.05) is 67.3 Å². The second-order valence-corrected chi connectivity index (χ2v) is 16.2. The van der Waals surface area contributed by atoms with Gasteiger partial charge in [0.2, 0.25) is 0 Å². The highest BCUT2D eigenvalue weighted by atomic mass is 16.5. The van der Waals surface area contributed by atoms with Crippen LogP contribution in [-0.4, -0.2) is 15.2 Å². The van der Waals surface area contributed by atoms with E-state index in [1.807, 2.05) is 0 Å². The van der Waals surface area contributed by atoms with Crippen LogP contribution in [0.3, 0.4) is 0 Å². The summed E-state index contributed by atoms with van der Waals surface area (Å²) in [6.45, 7) is 0. The lowest BCUT2D eigenvalue weighted by Crippen LogP contribution is -2.18. The summed E-state index contributed by atoms with van der Waals surface area (Å²) >= 11 is 0. The lowest BCUT2D eigenvalue weighted by atomic mass is 9.89. The molecule has 0 bridgehead atoms. The van der Waals surface area contributed by atoms with Crippen LogP contribution in [0.5, 0.6) is 5.75 Å². The Kier molecular flexibility index (Phi) is 6.77. The lowest BCUT2D eigenvalue weighted by Gasteiger charge is -2.20. The molecule has 0 radical (unpaired) electrons. The van der Waals surface area contributed by atoms with Gasteiger partial charge in [0.05, 0.1) is 16.6 Å². The average molecular weight is 747 g/mol. The average Bonchev–Trinajstić information content (AvgIpc) is 4.03. The second kappa shape index (κ2) is 12.2. The number of hydrogen-bond acceptors (Lipinski definition) is 2. The van der Waals surface area contributed by atoms with Gasteiger partial charge in [-0.1, -0.05) is 109 Å². The number of allylic oxidation sites excluding steroid dienone is 4. The van der Waals surface area contributed by atoms with Crippen LogP contribution in [0.1, 0.15) is 52.5 Å². The van der Waals surface area contributed by atoms with E-state index < -0.39 is 0 Å². The summed E-state index contributed by atoms with van der Waals surface area (Å²) in [5, 5.41) is 5.08. The molecule has 13 rings (SSSR count). The van der Waals surface area contributed by atoms with Gasteiger partial charge in [-0.25, -0.2) is 0 Å². The Morgan fingerprint density at radius 1 is 0.586 bits per heavy atom. The lowest BCUT2D eigenvalue weighted by molar-refractivity contribution is 0.269. The minimum Gasteiger partial charge on any atom is -0.485 e. The minimum absolute atomic E-state index is 0.0444. The third-order valence-corrected chi connectivity index (χ3v) is 13.1. The highest BCUT2D eigenvalue weighted by Gasteiger charge is 2.34. The summed E-state index contributed by atoms with van der Waals surface area (Å²) in [7, 11) is 0. The number of para-hydroxylation sites is 3. The Bertz CT molecular complexity index is 3270. The molecule has 4 heterocycles. The minimum atomic E-state index is -0.0444. The fourth-order valence-corrected chi connectivity index (χ4v) is 10.3. The van der Waals surface area contributed by atoms with Crippen molar-refractivity contribution in [3.05, 3.63) is 191 Å². The SMILES string of the molecule is C1=Cc2c(n(-c3ccc4c5c(oc4c3)C=C(c3ccc(-c4ccc6c(c4)OC4C=C(n7c8ccccc8c8ccccc87)C=CC64)cc3)CC5)c3ccccc23)CC1. The molecule has 276 valence electrons. The van der Waals surface area contributed by atoms with Crippen molar-refractivity contribution in [2.75, 3.05) is 0 Å². The number of rotatable bonds is 4. The second-order valence-electron chi connectivity index (χ2n) is 16.2. The number of nitrogens with zero attached hydrogens (tertiary/aromatic N) is 2. The number of furan rings is 1. The molecule has 0 amide bonds. The molecule has 0 spiro atoms. The molecule has 1 aliphatic heterocycles. The van der Waals surface area contributed by atoms with Crippen LogP contribution in [0.15, 0.2) is 162 Å². The van der Waals surface area contributed by atoms with Crippen LogP contribution in [-0.2, 0) is 12.8 Å². The highest BCUT2D eigenvalue weighted by Crippen LogP contribution is 2.46. The van der Waals surface area contributed by atoms with Gasteiger partial charge >= 0.3 is 0 Å². The molecule has 0 saturated carbocycles. The number of aryl methyl sites for hydroxylation is 1. The molecule has 6 aromatic carbocycles. The smallest absolute Gasteiger partial charge is 0.137 e. The first-order valence-corrected chi connectivity index (χ1v) is 20.6. The van der Waals surface area contributed by atoms with Crippen LogP contribution in [0.25, 0.3) is 83.9 Å². The van der Waals surface area contributed by atoms with E-state index in [-0.39, 0.29) is 12.0 Å². The Balaban J connectivity index is 0.776. The molecule has 4 heteroatoms. The van der Waals surface area contributed by atoms with Crippen molar-refractivity contribution in [3.63, 3.8) is 0 Å². The largest absolute Gasteiger partial charge is 0.485 e. The van der Waals surface area contributed by atoms with Crippen molar-refractivity contribution in [3.8, 4) is 22.6 Å². The third kappa shape index (κ3) is 4.69. The molecular weight excluding hydrogens is 709 g/mol. The Labute approximate surface area is 335 Å². The molecular formula is C54H38N2O2. The molecule has 0 N–H and O–H groups in total. The number of ether oxygens (including phenoxy) is 1. The molecule has 0 fully saturated rings. The molecule has 4 nitrogen and oxygen atoms in total. The topological polar surface area (TPSA) is 32.2 Å². The van der Waals surface area contributed by atoms with E-state index in [0.717, 1.165) is 48.5 Å². The first kappa shape index (κ1) is 32.1. The molecule has 2 unspecified atom stereocenters. The summed E-state index contributed by atoms with van der Waals surface area (Å²) in [4.78, 5) is 0. The first-order valence-electron chi connectivity index (χ1n) is 20.6. The molecule has 2 atom stereocenters. The zero-order chi connectivity index (χ0) is 37.9. The van der Waals surface area contributed by atoms with Gasteiger partial charge in [0.15, 0.2) is 0 Å². The summed E-state index contributed by atoms with van der Waals surface area (Å²) in [6, 6.07) is 48.6. The fraction of sp³-hybridized carbons (Fsp3) is 0.111. The maximum absolute atomic E-state index is 6.71. The number of hydrogen-bond donors (Lipinski definition) is 0. The molecule has 3 aromatic heterocycles. The van der Waals surface area contributed by atoms with E-state index in [9.17, 15) is 0 Å². The Morgan fingerprint density at radius 2 is 1.31 bits per heavy atom. The predicted octanol–water partition coefficient (Wildman–Crippen LogP) is 13.6.